The summed E-state index contributed by atoms with van der Waals surface area (Å²) in [6.45, 7) is 9.10. The third-order valence-corrected chi connectivity index (χ3v) is 10.1. The van der Waals surface area contributed by atoms with Gasteiger partial charge in [0.25, 0.3) is 0 Å². The van der Waals surface area contributed by atoms with E-state index in [4.69, 9.17) is 9.72 Å². The number of rotatable bonds is 7. The molecule has 5 rings (SSSR count). The van der Waals surface area contributed by atoms with Gasteiger partial charge in [-0.1, -0.05) is 42.4 Å². The van der Waals surface area contributed by atoms with Crippen LogP contribution in [0.1, 0.15) is 49.3 Å². The van der Waals surface area contributed by atoms with E-state index in [9.17, 15) is 8.42 Å². The zero-order valence-corrected chi connectivity index (χ0v) is 22.5. The molecular weight excluding hydrogens is 478 g/mol. The number of aromatic nitrogens is 2. The van der Waals surface area contributed by atoms with E-state index >= 15 is 0 Å². The minimum atomic E-state index is -3.53. The van der Waals surface area contributed by atoms with Gasteiger partial charge in [-0.05, 0) is 74.8 Å². The fraction of sp³-hybridized carbons (Fsp3) is 0.519. The Kier molecular flexibility index (Phi) is 7.26. The molecule has 0 spiro atoms. The van der Waals surface area contributed by atoms with Gasteiger partial charge in [0.15, 0.2) is 5.16 Å². The number of fused-ring (bicyclic) bond motifs is 1. The molecule has 2 fully saturated rings. The van der Waals surface area contributed by atoms with Crippen molar-refractivity contribution in [3.63, 3.8) is 0 Å². The van der Waals surface area contributed by atoms with Crippen LogP contribution in [0.3, 0.4) is 0 Å². The van der Waals surface area contributed by atoms with Crippen molar-refractivity contribution < 1.29 is 13.2 Å². The summed E-state index contributed by atoms with van der Waals surface area (Å²) in [6, 6.07) is 12.0. The highest BCUT2D eigenvalue weighted by Crippen LogP contribution is 2.32. The van der Waals surface area contributed by atoms with Gasteiger partial charge in [-0.3, -0.25) is 0 Å². The first kappa shape index (κ1) is 24.8. The first-order valence-electron chi connectivity index (χ1n) is 12.6. The summed E-state index contributed by atoms with van der Waals surface area (Å²) in [4.78, 5) is 5.28. The number of benzene rings is 2. The molecule has 2 unspecified atom stereocenters. The second-order valence-electron chi connectivity index (χ2n) is 10.1. The molecule has 2 aliphatic rings. The van der Waals surface area contributed by atoms with Gasteiger partial charge in [-0.2, -0.15) is 4.31 Å². The molecule has 2 saturated heterocycles. The number of thioether (sulfide) groups is 1. The SMILES string of the molecule is Cc1ccc(C)c(CSc2nc3cc(S(=O)(=O)N4CCCC(C)C4)ccc3n2CC2CCCO2)c1. The average molecular weight is 514 g/mol. The van der Waals surface area contributed by atoms with Crippen LogP contribution in [0.4, 0.5) is 0 Å². The Bertz CT molecular complexity index is 1310. The van der Waals surface area contributed by atoms with Crippen molar-refractivity contribution in [1.29, 1.82) is 0 Å². The van der Waals surface area contributed by atoms with E-state index in [1.165, 1.54) is 16.7 Å². The summed E-state index contributed by atoms with van der Waals surface area (Å²) in [6.07, 6.45) is 4.29. The van der Waals surface area contributed by atoms with E-state index < -0.39 is 10.0 Å². The number of ether oxygens (including phenoxy) is 1. The summed E-state index contributed by atoms with van der Waals surface area (Å²) in [7, 11) is -3.53. The zero-order valence-electron chi connectivity index (χ0n) is 20.9. The maximum atomic E-state index is 13.4. The molecule has 2 aromatic carbocycles. The number of aryl methyl sites for hydroxylation is 2. The van der Waals surface area contributed by atoms with Gasteiger partial charge in [-0.25, -0.2) is 13.4 Å². The van der Waals surface area contributed by atoms with Gasteiger partial charge >= 0.3 is 0 Å². The van der Waals surface area contributed by atoms with Crippen molar-refractivity contribution in [2.75, 3.05) is 19.7 Å². The summed E-state index contributed by atoms with van der Waals surface area (Å²) >= 11 is 1.71. The lowest BCUT2D eigenvalue weighted by Gasteiger charge is -2.30. The number of hydrogen-bond donors (Lipinski definition) is 0. The molecule has 0 aliphatic carbocycles. The second-order valence-corrected chi connectivity index (χ2v) is 13.0. The smallest absolute Gasteiger partial charge is 0.243 e. The van der Waals surface area contributed by atoms with Crippen LogP contribution in [0.15, 0.2) is 46.5 Å². The van der Waals surface area contributed by atoms with Crippen LogP contribution >= 0.6 is 11.8 Å². The van der Waals surface area contributed by atoms with Gasteiger partial charge in [-0.15, -0.1) is 0 Å². The third-order valence-electron chi connectivity index (χ3n) is 7.21. The first-order valence-corrected chi connectivity index (χ1v) is 15.0. The molecule has 0 radical (unpaired) electrons. The predicted octanol–water partition coefficient (Wildman–Crippen LogP) is 5.55. The van der Waals surface area contributed by atoms with Crippen LogP contribution in [0.2, 0.25) is 0 Å². The molecule has 3 aromatic rings. The van der Waals surface area contributed by atoms with Crippen molar-refractivity contribution in [3.8, 4) is 0 Å². The van der Waals surface area contributed by atoms with Gasteiger partial charge in [0.05, 0.1) is 28.6 Å². The predicted molar refractivity (Wildman–Crippen MR) is 141 cm³/mol. The molecule has 35 heavy (non-hydrogen) atoms. The summed E-state index contributed by atoms with van der Waals surface area (Å²) < 4.78 is 36.6. The van der Waals surface area contributed by atoms with Gasteiger partial charge in [0.2, 0.25) is 10.0 Å². The first-order chi connectivity index (χ1) is 16.8. The lowest BCUT2D eigenvalue weighted by Crippen LogP contribution is -2.39. The molecule has 6 nitrogen and oxygen atoms in total. The molecule has 1 aromatic heterocycles. The van der Waals surface area contributed by atoms with Crippen LogP contribution in [0, 0.1) is 19.8 Å². The van der Waals surface area contributed by atoms with Crippen molar-refractivity contribution in [2.24, 2.45) is 5.92 Å². The topological polar surface area (TPSA) is 64.4 Å². The van der Waals surface area contributed by atoms with E-state index in [1.807, 2.05) is 6.07 Å². The quantitative estimate of drug-likeness (QED) is 0.388. The van der Waals surface area contributed by atoms with Crippen molar-refractivity contribution in [3.05, 3.63) is 53.1 Å². The van der Waals surface area contributed by atoms with Crippen LogP contribution in [-0.2, 0) is 27.1 Å². The highest BCUT2D eigenvalue weighted by Gasteiger charge is 2.29. The Morgan fingerprint density at radius 1 is 1.11 bits per heavy atom. The number of imidazole rings is 1. The number of nitrogens with zero attached hydrogens (tertiary/aromatic N) is 3. The van der Waals surface area contributed by atoms with Crippen molar-refractivity contribution in [1.82, 2.24) is 13.9 Å². The Balaban J connectivity index is 1.48. The highest BCUT2D eigenvalue weighted by molar-refractivity contribution is 7.98. The minimum absolute atomic E-state index is 0.172. The largest absolute Gasteiger partial charge is 0.376 e. The summed E-state index contributed by atoms with van der Waals surface area (Å²) in [5, 5.41) is 0.914. The van der Waals surface area contributed by atoms with E-state index in [0.29, 0.717) is 23.9 Å². The lowest BCUT2D eigenvalue weighted by atomic mass is 10.0. The Labute approximate surface area is 213 Å². The minimum Gasteiger partial charge on any atom is -0.376 e. The van der Waals surface area contributed by atoms with E-state index in [2.05, 4.69) is 43.5 Å². The van der Waals surface area contributed by atoms with Crippen molar-refractivity contribution >= 4 is 32.8 Å². The molecule has 2 aliphatic heterocycles. The normalized spacial score (nSPS) is 21.7. The van der Waals surface area contributed by atoms with Crippen LogP contribution in [-0.4, -0.2) is 48.1 Å². The van der Waals surface area contributed by atoms with Crippen LogP contribution in [0.5, 0.6) is 0 Å². The number of piperidine rings is 1. The van der Waals surface area contributed by atoms with Crippen LogP contribution < -0.4 is 0 Å². The molecule has 0 N–H and O–H groups in total. The zero-order chi connectivity index (χ0) is 24.6. The molecule has 0 bridgehead atoms. The highest BCUT2D eigenvalue weighted by atomic mass is 32.2. The fourth-order valence-electron chi connectivity index (χ4n) is 5.14. The summed E-state index contributed by atoms with van der Waals surface area (Å²) in [5.41, 5.74) is 5.52. The van der Waals surface area contributed by atoms with E-state index in [-0.39, 0.29) is 6.10 Å². The molecule has 0 amide bonds. The fourth-order valence-corrected chi connectivity index (χ4v) is 7.84. The summed E-state index contributed by atoms with van der Waals surface area (Å²) in [5.74, 6) is 1.21. The average Bonchev–Trinajstić information content (AvgIpc) is 3.47. The molecular formula is C27H35N3O3S2. The molecule has 188 valence electrons. The molecule has 2 atom stereocenters. The van der Waals surface area contributed by atoms with Crippen LogP contribution in [0.25, 0.3) is 11.0 Å². The lowest BCUT2D eigenvalue weighted by molar-refractivity contribution is 0.0960. The standard InChI is InChI=1S/C27H35N3O3S2/c1-19-8-9-21(3)22(14-19)18-34-27-28-25-15-24(35(31,32)29-12-4-6-20(2)16-29)10-11-26(25)30(27)17-23-7-5-13-33-23/h8-11,14-15,20,23H,4-7,12-13,16-18H2,1-3H3. The van der Waals surface area contributed by atoms with E-state index in [0.717, 1.165) is 60.8 Å². The van der Waals surface area contributed by atoms with Gasteiger partial charge < -0.3 is 9.30 Å². The maximum Gasteiger partial charge on any atom is 0.243 e. The molecule has 8 heteroatoms. The van der Waals surface area contributed by atoms with E-state index in [1.54, 1.807) is 28.2 Å². The third kappa shape index (κ3) is 5.31. The molecule has 0 saturated carbocycles. The number of hydrogen-bond acceptors (Lipinski definition) is 5. The van der Waals surface area contributed by atoms with Gasteiger partial charge in [0.1, 0.15) is 0 Å². The Hall–Kier alpha value is -1.87. The monoisotopic (exact) mass is 513 g/mol. The maximum absolute atomic E-state index is 13.4. The Morgan fingerprint density at radius 3 is 2.74 bits per heavy atom. The van der Waals surface area contributed by atoms with Crippen molar-refractivity contribution in [2.45, 2.75) is 74.9 Å². The second kappa shape index (κ2) is 10.2. The molecule has 3 heterocycles. The van der Waals surface area contributed by atoms with Gasteiger partial charge in [0, 0.05) is 25.4 Å². The number of sulfonamides is 1. The Morgan fingerprint density at radius 2 is 1.97 bits per heavy atom.